The summed E-state index contributed by atoms with van der Waals surface area (Å²) < 4.78 is 6.23. The van der Waals surface area contributed by atoms with Crippen molar-refractivity contribution in [1.29, 1.82) is 0 Å². The van der Waals surface area contributed by atoms with Crippen LogP contribution in [0.5, 0.6) is 5.75 Å². The van der Waals surface area contributed by atoms with E-state index in [9.17, 15) is 0 Å². The molecular formula is C25H36N2O. The van der Waals surface area contributed by atoms with Crippen LogP contribution >= 0.6 is 0 Å². The number of fused-ring (bicyclic) bond motifs is 1. The summed E-state index contributed by atoms with van der Waals surface area (Å²) in [5, 5.41) is 3.09. The van der Waals surface area contributed by atoms with Crippen molar-refractivity contribution >= 4 is 5.69 Å². The Labute approximate surface area is 171 Å². The molecule has 3 heteroatoms. The van der Waals surface area contributed by atoms with Crippen LogP contribution in [-0.4, -0.2) is 6.04 Å². The fourth-order valence-electron chi connectivity index (χ4n) is 3.53. The summed E-state index contributed by atoms with van der Waals surface area (Å²) in [4.78, 5) is 0. The third-order valence-electron chi connectivity index (χ3n) is 5.24. The minimum atomic E-state index is 0.144. The van der Waals surface area contributed by atoms with Gasteiger partial charge in [0.25, 0.3) is 0 Å². The lowest BCUT2D eigenvalue weighted by Crippen LogP contribution is -2.17. The van der Waals surface area contributed by atoms with E-state index in [1.807, 2.05) is 24.3 Å². The van der Waals surface area contributed by atoms with Gasteiger partial charge in [-0.1, -0.05) is 70.5 Å². The van der Waals surface area contributed by atoms with Crippen LogP contribution in [0.3, 0.4) is 0 Å². The summed E-state index contributed by atoms with van der Waals surface area (Å²) in [5.41, 5.74) is 9.38. The van der Waals surface area contributed by atoms with Gasteiger partial charge in [-0.25, -0.2) is 0 Å². The summed E-state index contributed by atoms with van der Waals surface area (Å²) in [7, 11) is 0. The van der Waals surface area contributed by atoms with Crippen LogP contribution in [0.15, 0.2) is 61.3 Å². The molecule has 0 radical (unpaired) electrons. The first-order chi connectivity index (χ1) is 13.6. The van der Waals surface area contributed by atoms with Gasteiger partial charge in [0.15, 0.2) is 0 Å². The van der Waals surface area contributed by atoms with Gasteiger partial charge >= 0.3 is 0 Å². The molecule has 1 aliphatic carbocycles. The summed E-state index contributed by atoms with van der Waals surface area (Å²) >= 11 is 0. The Bertz CT molecular complexity index is 728. The molecule has 0 spiro atoms. The third-order valence-corrected chi connectivity index (χ3v) is 5.24. The molecule has 28 heavy (non-hydrogen) atoms. The highest BCUT2D eigenvalue weighted by atomic mass is 16.5. The number of anilines is 1. The van der Waals surface area contributed by atoms with Gasteiger partial charge in [-0.05, 0) is 48.7 Å². The first kappa shape index (κ1) is 22.0. The second-order valence-corrected chi connectivity index (χ2v) is 7.61. The molecular weight excluding hydrogens is 344 g/mol. The predicted octanol–water partition coefficient (Wildman–Crippen LogP) is 6.47. The van der Waals surface area contributed by atoms with Crippen molar-refractivity contribution in [2.24, 2.45) is 11.7 Å². The summed E-state index contributed by atoms with van der Waals surface area (Å²) in [6.45, 7) is 10.3. The molecule has 3 atom stereocenters. The second-order valence-electron chi connectivity index (χ2n) is 7.61. The molecule has 152 valence electrons. The van der Waals surface area contributed by atoms with Crippen molar-refractivity contribution in [3.63, 3.8) is 0 Å². The van der Waals surface area contributed by atoms with Crippen molar-refractivity contribution in [3.8, 4) is 5.75 Å². The average molecular weight is 381 g/mol. The first-order valence-electron chi connectivity index (χ1n) is 10.6. The lowest BCUT2D eigenvalue weighted by atomic mass is 10.1. The summed E-state index contributed by atoms with van der Waals surface area (Å²) in [6.07, 6.45) is 7.79. The third kappa shape index (κ3) is 6.42. The molecule has 0 aromatic heterocycles. The molecule has 3 nitrogen and oxygen atoms in total. The molecule has 3 rings (SSSR count). The molecule has 0 amide bonds. The molecule has 0 heterocycles. The molecule has 0 bridgehead atoms. The van der Waals surface area contributed by atoms with E-state index in [2.05, 4.69) is 56.9 Å². The van der Waals surface area contributed by atoms with Gasteiger partial charge in [-0.15, -0.1) is 0 Å². The Kier molecular flexibility index (Phi) is 9.09. The number of nitrogens with one attached hydrogen (secondary N) is 1. The molecule has 0 aliphatic heterocycles. The smallest absolute Gasteiger partial charge is 0.127 e. The Balaban J connectivity index is 0.000000300. The Morgan fingerprint density at radius 1 is 1.21 bits per heavy atom. The van der Waals surface area contributed by atoms with Crippen LogP contribution in [0.2, 0.25) is 0 Å². The zero-order valence-corrected chi connectivity index (χ0v) is 17.7. The molecule has 1 aliphatic rings. The van der Waals surface area contributed by atoms with Crippen LogP contribution < -0.4 is 15.8 Å². The molecule has 2 aromatic rings. The molecule has 3 N–H and O–H groups in total. The maximum atomic E-state index is 6.23. The van der Waals surface area contributed by atoms with Gasteiger partial charge in [0.05, 0.1) is 0 Å². The maximum Gasteiger partial charge on any atom is 0.127 e. The standard InChI is InChI=1S/C18H19NO.C7H17N/c1-3-19-15-8-6-9-16(12-15)20-18-13(2)11-14-7-4-5-10-17(14)18;1-3-5-6-7(8)4-2/h3-10,12-13,18-19H,1,11H2,2H3;7H,3-6,8H2,1-2H3/t13-,18?;/m1./s1. The van der Waals surface area contributed by atoms with E-state index in [-0.39, 0.29) is 6.10 Å². The average Bonchev–Trinajstić information content (AvgIpc) is 3.02. The fraction of sp³-hybridized carbons (Fsp3) is 0.440. The number of nitrogens with two attached hydrogens (primary N) is 1. The highest BCUT2D eigenvalue weighted by Crippen LogP contribution is 2.39. The van der Waals surface area contributed by atoms with Gasteiger partial charge in [0.1, 0.15) is 11.9 Å². The predicted molar refractivity (Wildman–Crippen MR) is 121 cm³/mol. The zero-order chi connectivity index (χ0) is 20.4. The van der Waals surface area contributed by atoms with E-state index in [1.165, 1.54) is 30.4 Å². The number of benzene rings is 2. The minimum absolute atomic E-state index is 0.144. The first-order valence-corrected chi connectivity index (χ1v) is 10.6. The lowest BCUT2D eigenvalue weighted by molar-refractivity contribution is 0.159. The van der Waals surface area contributed by atoms with Gasteiger partial charge in [-0.2, -0.15) is 0 Å². The van der Waals surface area contributed by atoms with Crippen molar-refractivity contribution in [3.05, 3.63) is 72.4 Å². The lowest BCUT2D eigenvalue weighted by Gasteiger charge is -2.19. The van der Waals surface area contributed by atoms with E-state index in [0.29, 0.717) is 12.0 Å². The van der Waals surface area contributed by atoms with Crippen molar-refractivity contribution in [2.75, 3.05) is 5.32 Å². The normalized spacial score (nSPS) is 18.4. The highest BCUT2D eigenvalue weighted by molar-refractivity contribution is 5.50. The monoisotopic (exact) mass is 380 g/mol. The Morgan fingerprint density at radius 2 is 2.00 bits per heavy atom. The number of unbranched alkanes of at least 4 members (excludes halogenated alkanes) is 1. The topological polar surface area (TPSA) is 47.3 Å². The number of rotatable bonds is 8. The largest absolute Gasteiger partial charge is 0.485 e. The molecule has 0 saturated heterocycles. The molecule has 0 fully saturated rings. The summed E-state index contributed by atoms with van der Waals surface area (Å²) in [5.74, 6) is 1.40. The quantitative estimate of drug-likeness (QED) is 0.552. The van der Waals surface area contributed by atoms with E-state index in [0.717, 1.165) is 24.3 Å². The van der Waals surface area contributed by atoms with Crippen molar-refractivity contribution < 1.29 is 4.74 Å². The van der Waals surface area contributed by atoms with Gasteiger partial charge in [0, 0.05) is 23.7 Å². The zero-order valence-electron chi connectivity index (χ0n) is 17.7. The molecule has 2 aromatic carbocycles. The van der Waals surface area contributed by atoms with Gasteiger partial charge < -0.3 is 15.8 Å². The maximum absolute atomic E-state index is 6.23. The van der Waals surface area contributed by atoms with E-state index >= 15 is 0 Å². The van der Waals surface area contributed by atoms with E-state index < -0.39 is 0 Å². The van der Waals surface area contributed by atoms with E-state index in [1.54, 1.807) is 6.20 Å². The van der Waals surface area contributed by atoms with Crippen LogP contribution in [0.4, 0.5) is 5.69 Å². The van der Waals surface area contributed by atoms with Gasteiger partial charge in [0.2, 0.25) is 0 Å². The minimum Gasteiger partial charge on any atom is -0.485 e. The number of ether oxygens (including phenoxy) is 1. The molecule has 0 saturated carbocycles. The Morgan fingerprint density at radius 3 is 2.71 bits per heavy atom. The van der Waals surface area contributed by atoms with Crippen molar-refractivity contribution in [1.82, 2.24) is 0 Å². The SMILES string of the molecule is C=CNc1cccc(OC2c3ccccc3C[C@H]2C)c1.CCCCC(N)CC. The highest BCUT2D eigenvalue weighted by Gasteiger charge is 2.30. The molecule has 2 unspecified atom stereocenters. The van der Waals surface area contributed by atoms with Crippen LogP contribution in [0.25, 0.3) is 0 Å². The number of hydrogen-bond acceptors (Lipinski definition) is 3. The van der Waals surface area contributed by atoms with Crippen LogP contribution in [0.1, 0.15) is 63.7 Å². The van der Waals surface area contributed by atoms with Crippen molar-refractivity contribution in [2.45, 2.75) is 65.0 Å². The number of hydrogen-bond donors (Lipinski definition) is 2. The van der Waals surface area contributed by atoms with Crippen LogP contribution in [0, 0.1) is 5.92 Å². The van der Waals surface area contributed by atoms with Crippen LogP contribution in [-0.2, 0) is 6.42 Å². The van der Waals surface area contributed by atoms with E-state index in [4.69, 9.17) is 10.5 Å². The van der Waals surface area contributed by atoms with Gasteiger partial charge in [-0.3, -0.25) is 0 Å². The fourth-order valence-corrected chi connectivity index (χ4v) is 3.53. The summed E-state index contributed by atoms with van der Waals surface area (Å²) in [6, 6.07) is 17.0. The second kappa shape index (κ2) is 11.6. The Hall–Kier alpha value is -2.26.